The number of carbonyl (C=O) groups is 4. The highest BCUT2D eigenvalue weighted by Gasteiger charge is 2.22. The van der Waals surface area contributed by atoms with Crippen molar-refractivity contribution in [1.82, 2.24) is 0 Å². The van der Waals surface area contributed by atoms with Crippen LogP contribution in [-0.4, -0.2) is 46.9 Å². The molecule has 0 aromatic carbocycles. The Labute approximate surface area is 225 Å². The lowest BCUT2D eigenvalue weighted by molar-refractivity contribution is -0.138. The highest BCUT2D eigenvalue weighted by atomic mass is 16.5. The SMILES string of the molecule is CCOCCCCC(=O)[C@H](CCC(=O)O)CC(=O)CCCCCCCCCCCCCCCCC(=O)O. The molecule has 0 aromatic rings. The lowest BCUT2D eigenvalue weighted by Gasteiger charge is -2.14. The van der Waals surface area contributed by atoms with Gasteiger partial charge in [-0.3, -0.25) is 19.2 Å². The molecule has 0 aliphatic heterocycles. The Hall–Kier alpha value is -1.76. The number of carboxylic acids is 2. The Balaban J connectivity index is 3.76. The van der Waals surface area contributed by atoms with Gasteiger partial charge in [0, 0.05) is 51.2 Å². The summed E-state index contributed by atoms with van der Waals surface area (Å²) in [6, 6.07) is 0. The van der Waals surface area contributed by atoms with E-state index < -0.39 is 17.9 Å². The van der Waals surface area contributed by atoms with Crippen LogP contribution in [0.3, 0.4) is 0 Å². The molecule has 0 amide bonds. The number of Topliss-reactive ketones (excluding diaryl/α,β-unsaturated/α-hetero) is 2. The summed E-state index contributed by atoms with van der Waals surface area (Å²) in [4.78, 5) is 46.4. The minimum Gasteiger partial charge on any atom is -0.481 e. The van der Waals surface area contributed by atoms with Crippen molar-refractivity contribution in [2.75, 3.05) is 13.2 Å². The summed E-state index contributed by atoms with van der Waals surface area (Å²) in [6.45, 7) is 3.22. The molecule has 0 radical (unpaired) electrons. The molecule has 0 aliphatic rings. The van der Waals surface area contributed by atoms with Crippen LogP contribution in [-0.2, 0) is 23.9 Å². The summed E-state index contributed by atoms with van der Waals surface area (Å²) in [5.41, 5.74) is 0. The van der Waals surface area contributed by atoms with Gasteiger partial charge in [-0.2, -0.15) is 0 Å². The number of ether oxygens (including phenoxy) is 1. The molecule has 0 unspecified atom stereocenters. The number of ketones is 2. The molecule has 0 fully saturated rings. The standard InChI is InChI=1S/C30H54O7/c1-2-37-24-18-17-20-28(32)26(22-23-30(35)36)25-27(31)19-15-13-11-9-7-5-3-4-6-8-10-12-14-16-21-29(33)34/h26H,2-25H2,1H3,(H,33,34)(H,35,36)/t26-/m1/s1. The summed E-state index contributed by atoms with van der Waals surface area (Å²) in [5.74, 6) is -1.99. The molecule has 7 nitrogen and oxygen atoms in total. The second-order valence-electron chi connectivity index (χ2n) is 10.3. The normalized spacial score (nSPS) is 11.9. The predicted octanol–water partition coefficient (Wildman–Crippen LogP) is 7.53. The second-order valence-corrected chi connectivity index (χ2v) is 10.3. The third kappa shape index (κ3) is 25.7. The highest BCUT2D eigenvalue weighted by molar-refractivity contribution is 5.88. The van der Waals surface area contributed by atoms with E-state index in [-0.39, 0.29) is 30.8 Å². The maximum absolute atomic E-state index is 12.6. The average Bonchev–Trinajstić information content (AvgIpc) is 2.85. The van der Waals surface area contributed by atoms with E-state index in [1.807, 2.05) is 6.92 Å². The van der Waals surface area contributed by atoms with Gasteiger partial charge in [0.2, 0.25) is 0 Å². The van der Waals surface area contributed by atoms with Crippen LogP contribution in [0.2, 0.25) is 0 Å². The van der Waals surface area contributed by atoms with Gasteiger partial charge in [0.1, 0.15) is 11.6 Å². The van der Waals surface area contributed by atoms with E-state index in [1.54, 1.807) is 0 Å². The molecule has 0 aromatic heterocycles. The van der Waals surface area contributed by atoms with E-state index >= 15 is 0 Å². The van der Waals surface area contributed by atoms with Crippen molar-refractivity contribution < 1.29 is 34.1 Å². The summed E-state index contributed by atoms with van der Waals surface area (Å²) < 4.78 is 5.29. The third-order valence-electron chi connectivity index (χ3n) is 6.90. The Morgan fingerprint density at radius 1 is 0.568 bits per heavy atom. The molecule has 37 heavy (non-hydrogen) atoms. The number of unbranched alkanes of at least 4 members (excludes halogenated alkanes) is 14. The van der Waals surface area contributed by atoms with E-state index in [0.717, 1.165) is 44.9 Å². The molecule has 0 saturated heterocycles. The van der Waals surface area contributed by atoms with Crippen molar-refractivity contribution >= 4 is 23.5 Å². The average molecular weight is 527 g/mol. The molecule has 0 bridgehead atoms. The molecule has 1 atom stereocenters. The summed E-state index contributed by atoms with van der Waals surface area (Å²) in [7, 11) is 0. The quantitative estimate of drug-likeness (QED) is 0.0967. The minimum atomic E-state index is -0.924. The van der Waals surface area contributed by atoms with E-state index in [0.29, 0.717) is 38.9 Å². The van der Waals surface area contributed by atoms with Gasteiger partial charge < -0.3 is 14.9 Å². The molecule has 0 aliphatic carbocycles. The van der Waals surface area contributed by atoms with Crippen LogP contribution < -0.4 is 0 Å². The zero-order valence-electron chi connectivity index (χ0n) is 23.5. The summed E-state index contributed by atoms with van der Waals surface area (Å²) in [6.07, 6.45) is 19.0. The monoisotopic (exact) mass is 526 g/mol. The molecule has 216 valence electrons. The Kier molecular flexibility index (Phi) is 24.6. The fourth-order valence-electron chi connectivity index (χ4n) is 4.62. The van der Waals surface area contributed by atoms with E-state index in [2.05, 4.69) is 0 Å². The number of hydrogen-bond acceptors (Lipinski definition) is 5. The van der Waals surface area contributed by atoms with Crippen molar-refractivity contribution in [3.8, 4) is 0 Å². The zero-order valence-corrected chi connectivity index (χ0v) is 23.5. The summed E-state index contributed by atoms with van der Waals surface area (Å²) in [5, 5.41) is 17.6. The number of hydrogen-bond donors (Lipinski definition) is 2. The van der Waals surface area contributed by atoms with Crippen molar-refractivity contribution in [3.63, 3.8) is 0 Å². The molecule has 0 saturated carbocycles. The second kappa shape index (κ2) is 25.9. The van der Waals surface area contributed by atoms with Gasteiger partial charge in [0.25, 0.3) is 0 Å². The fourth-order valence-corrected chi connectivity index (χ4v) is 4.62. The number of aliphatic carboxylic acids is 2. The third-order valence-corrected chi connectivity index (χ3v) is 6.90. The first-order valence-corrected chi connectivity index (χ1v) is 14.9. The maximum atomic E-state index is 12.6. The smallest absolute Gasteiger partial charge is 0.303 e. The minimum absolute atomic E-state index is 0.0156. The molecule has 2 N–H and O–H groups in total. The van der Waals surface area contributed by atoms with Crippen LogP contribution in [0.1, 0.15) is 148 Å². The number of carbonyl (C=O) groups excluding carboxylic acids is 2. The van der Waals surface area contributed by atoms with Crippen LogP contribution in [0.25, 0.3) is 0 Å². The van der Waals surface area contributed by atoms with Crippen LogP contribution in [0.15, 0.2) is 0 Å². The van der Waals surface area contributed by atoms with Gasteiger partial charge in [0.05, 0.1) is 0 Å². The molecule has 0 rings (SSSR count). The molecule has 0 spiro atoms. The van der Waals surface area contributed by atoms with Gasteiger partial charge in [-0.25, -0.2) is 0 Å². The van der Waals surface area contributed by atoms with Gasteiger partial charge in [0.15, 0.2) is 0 Å². The first-order chi connectivity index (χ1) is 17.9. The fraction of sp³-hybridized carbons (Fsp3) is 0.867. The molecule has 0 heterocycles. The van der Waals surface area contributed by atoms with Crippen LogP contribution in [0.5, 0.6) is 0 Å². The van der Waals surface area contributed by atoms with Gasteiger partial charge in [-0.15, -0.1) is 0 Å². The largest absolute Gasteiger partial charge is 0.481 e. The number of rotatable bonds is 29. The topological polar surface area (TPSA) is 118 Å². The maximum Gasteiger partial charge on any atom is 0.303 e. The van der Waals surface area contributed by atoms with Crippen LogP contribution in [0, 0.1) is 5.92 Å². The highest BCUT2D eigenvalue weighted by Crippen LogP contribution is 2.19. The first-order valence-electron chi connectivity index (χ1n) is 14.9. The van der Waals surface area contributed by atoms with Crippen LogP contribution >= 0.6 is 0 Å². The molecule has 7 heteroatoms. The van der Waals surface area contributed by atoms with E-state index in [4.69, 9.17) is 14.9 Å². The van der Waals surface area contributed by atoms with E-state index in [9.17, 15) is 19.2 Å². The van der Waals surface area contributed by atoms with E-state index in [1.165, 1.54) is 51.4 Å². The molecular formula is C30H54O7. The van der Waals surface area contributed by atoms with Crippen molar-refractivity contribution in [2.24, 2.45) is 5.92 Å². The zero-order chi connectivity index (χ0) is 27.6. The van der Waals surface area contributed by atoms with Crippen molar-refractivity contribution in [2.45, 2.75) is 148 Å². The van der Waals surface area contributed by atoms with Gasteiger partial charge >= 0.3 is 11.9 Å². The van der Waals surface area contributed by atoms with Gasteiger partial charge in [-0.05, 0) is 39.0 Å². The summed E-state index contributed by atoms with van der Waals surface area (Å²) >= 11 is 0. The van der Waals surface area contributed by atoms with Crippen molar-refractivity contribution in [1.29, 1.82) is 0 Å². The van der Waals surface area contributed by atoms with Crippen molar-refractivity contribution in [3.05, 3.63) is 0 Å². The predicted molar refractivity (Wildman–Crippen MR) is 147 cm³/mol. The first kappa shape index (κ1) is 35.2. The lowest BCUT2D eigenvalue weighted by Crippen LogP contribution is -2.20. The Morgan fingerprint density at radius 2 is 1.00 bits per heavy atom. The van der Waals surface area contributed by atoms with Gasteiger partial charge in [-0.1, -0.05) is 77.0 Å². The molecular weight excluding hydrogens is 472 g/mol. The van der Waals surface area contributed by atoms with Crippen LogP contribution in [0.4, 0.5) is 0 Å². The lowest BCUT2D eigenvalue weighted by atomic mass is 9.89. The number of carboxylic acid groups (broad SMARTS) is 2. The Bertz CT molecular complexity index is 603. The Morgan fingerprint density at radius 3 is 1.46 bits per heavy atom.